The normalized spacial score (nSPS) is 20.1. The number of carbonyl (C=O) groups is 3. The number of nitrogens with zero attached hydrogens (tertiary/aromatic N) is 2. The third-order valence-electron chi connectivity index (χ3n) is 5.90. The van der Waals surface area contributed by atoms with Crippen molar-refractivity contribution in [3.63, 3.8) is 0 Å². The van der Waals surface area contributed by atoms with Gasteiger partial charge in [0.05, 0.1) is 12.1 Å². The van der Waals surface area contributed by atoms with Crippen LogP contribution in [0.15, 0.2) is 11.6 Å². The van der Waals surface area contributed by atoms with E-state index in [1.54, 1.807) is 18.9 Å². The molecule has 30 heavy (non-hydrogen) atoms. The Morgan fingerprint density at radius 1 is 1.13 bits per heavy atom. The molecule has 0 radical (unpaired) electrons. The maximum absolute atomic E-state index is 13.4. The fraction of sp³-hybridized carbons (Fsp3) is 0.783. The van der Waals surface area contributed by atoms with Crippen molar-refractivity contribution in [3.05, 3.63) is 11.6 Å². The zero-order valence-electron chi connectivity index (χ0n) is 20.1. The molecule has 1 rings (SSSR count). The van der Waals surface area contributed by atoms with Crippen molar-refractivity contribution < 1.29 is 14.4 Å². The number of hydrogen-bond acceptors (Lipinski definition) is 4. The van der Waals surface area contributed by atoms with Gasteiger partial charge < -0.3 is 15.5 Å². The van der Waals surface area contributed by atoms with E-state index in [0.29, 0.717) is 12.1 Å². The summed E-state index contributed by atoms with van der Waals surface area (Å²) in [6.45, 7) is 13.0. The predicted molar refractivity (Wildman–Crippen MR) is 121 cm³/mol. The third kappa shape index (κ3) is 7.11. The fourth-order valence-electron chi connectivity index (χ4n) is 3.92. The monoisotopic (exact) mass is 422 g/mol. The van der Waals surface area contributed by atoms with Gasteiger partial charge in [0.25, 0.3) is 0 Å². The summed E-state index contributed by atoms with van der Waals surface area (Å²) in [5, 5.41) is 5.81. The smallest absolute Gasteiger partial charge is 0.246 e. The van der Waals surface area contributed by atoms with Gasteiger partial charge in [0.15, 0.2) is 0 Å². The molecular weight excluding hydrogens is 380 g/mol. The van der Waals surface area contributed by atoms with Gasteiger partial charge in [-0.15, -0.1) is 0 Å². The van der Waals surface area contributed by atoms with Crippen LogP contribution in [0.4, 0.5) is 0 Å². The molecule has 1 fully saturated rings. The first-order chi connectivity index (χ1) is 14.0. The first-order valence-electron chi connectivity index (χ1n) is 11.2. The number of amides is 3. The maximum atomic E-state index is 13.4. The molecule has 0 aromatic carbocycles. The molecule has 172 valence electrons. The number of piperidine rings is 1. The number of carbonyl (C=O) groups excluding carboxylic acids is 3. The van der Waals surface area contributed by atoms with E-state index < -0.39 is 6.04 Å². The Morgan fingerprint density at radius 3 is 2.27 bits per heavy atom. The average Bonchev–Trinajstić information content (AvgIpc) is 2.68. The van der Waals surface area contributed by atoms with Crippen LogP contribution in [0.25, 0.3) is 0 Å². The summed E-state index contributed by atoms with van der Waals surface area (Å²) < 4.78 is 0. The van der Waals surface area contributed by atoms with Crippen molar-refractivity contribution in [1.29, 1.82) is 0 Å². The Labute approximate surface area is 182 Å². The van der Waals surface area contributed by atoms with Crippen LogP contribution < -0.4 is 10.6 Å². The lowest BCUT2D eigenvalue weighted by Gasteiger charge is -2.36. The standard InChI is InChI=1S/C23H42N4O3/c1-9-24-21(28)17(6)14-19(15(2)3)27(8)23(30)20(16(4)5)25-22(29)18-12-10-11-13-26(18)7/h14-16,18-20H,9-13H2,1-8H3,(H,24,28)(H,25,29)/b17-14+/t18?,19-,20+/m1/s1. The second-order valence-electron chi connectivity index (χ2n) is 9.12. The van der Waals surface area contributed by atoms with Gasteiger partial charge >= 0.3 is 0 Å². The van der Waals surface area contributed by atoms with Crippen LogP contribution in [0.5, 0.6) is 0 Å². The van der Waals surface area contributed by atoms with Crippen LogP contribution in [0.1, 0.15) is 60.8 Å². The summed E-state index contributed by atoms with van der Waals surface area (Å²) in [4.78, 5) is 42.2. The molecule has 1 heterocycles. The molecule has 7 heteroatoms. The van der Waals surface area contributed by atoms with Crippen molar-refractivity contribution in [2.45, 2.75) is 78.9 Å². The zero-order valence-corrected chi connectivity index (χ0v) is 20.1. The molecular formula is C23H42N4O3. The molecule has 1 saturated heterocycles. The zero-order chi connectivity index (χ0) is 23.0. The van der Waals surface area contributed by atoms with Crippen LogP contribution in [0.2, 0.25) is 0 Å². The van der Waals surface area contributed by atoms with E-state index in [0.717, 1.165) is 25.8 Å². The number of hydrogen-bond donors (Lipinski definition) is 2. The van der Waals surface area contributed by atoms with Crippen molar-refractivity contribution in [2.75, 3.05) is 27.2 Å². The highest BCUT2D eigenvalue weighted by Gasteiger charge is 2.34. The van der Waals surface area contributed by atoms with E-state index in [9.17, 15) is 14.4 Å². The molecule has 3 atom stereocenters. The molecule has 0 aromatic heterocycles. The van der Waals surface area contributed by atoms with Gasteiger partial charge in [0, 0.05) is 19.2 Å². The van der Waals surface area contributed by atoms with Crippen molar-refractivity contribution in [3.8, 4) is 0 Å². The van der Waals surface area contributed by atoms with Gasteiger partial charge in [-0.2, -0.15) is 0 Å². The molecule has 0 aliphatic carbocycles. The predicted octanol–water partition coefficient (Wildman–Crippen LogP) is 2.18. The first kappa shape index (κ1) is 26.1. The topological polar surface area (TPSA) is 81.8 Å². The quantitative estimate of drug-likeness (QED) is 0.558. The molecule has 0 spiro atoms. The summed E-state index contributed by atoms with van der Waals surface area (Å²) in [6, 6.07) is -1.02. The molecule has 1 unspecified atom stereocenters. The second kappa shape index (κ2) is 12.1. The number of rotatable bonds is 9. The third-order valence-corrected chi connectivity index (χ3v) is 5.90. The van der Waals surface area contributed by atoms with E-state index in [2.05, 4.69) is 15.5 Å². The lowest BCUT2D eigenvalue weighted by Crippen LogP contribution is -2.57. The summed E-state index contributed by atoms with van der Waals surface area (Å²) in [5.74, 6) is -0.253. The van der Waals surface area contributed by atoms with Crippen LogP contribution in [-0.2, 0) is 14.4 Å². The van der Waals surface area contributed by atoms with E-state index in [1.807, 2.05) is 47.7 Å². The van der Waals surface area contributed by atoms with E-state index in [1.165, 1.54) is 0 Å². The van der Waals surface area contributed by atoms with Crippen LogP contribution in [0.3, 0.4) is 0 Å². The Balaban J connectivity index is 3.00. The molecule has 3 amide bonds. The number of likely N-dealkylation sites (tertiary alicyclic amines) is 1. The van der Waals surface area contributed by atoms with Crippen LogP contribution in [0, 0.1) is 11.8 Å². The number of nitrogens with one attached hydrogen (secondary N) is 2. The highest BCUT2D eigenvalue weighted by molar-refractivity contribution is 5.93. The SMILES string of the molecule is CCNC(=O)/C(C)=C/[C@H](C(C)C)N(C)C(=O)[C@@H](NC(=O)C1CCCCN1C)C(C)C. The van der Waals surface area contributed by atoms with Gasteiger partial charge in [-0.25, -0.2) is 0 Å². The second-order valence-corrected chi connectivity index (χ2v) is 9.12. The van der Waals surface area contributed by atoms with E-state index in [-0.39, 0.29) is 41.6 Å². The highest BCUT2D eigenvalue weighted by atomic mass is 16.2. The molecule has 0 saturated carbocycles. The lowest BCUT2D eigenvalue weighted by atomic mass is 9.96. The minimum absolute atomic E-state index is 0.0425. The van der Waals surface area contributed by atoms with Gasteiger partial charge in [0.1, 0.15) is 6.04 Å². The number of likely N-dealkylation sites (N-methyl/N-ethyl adjacent to an activating group) is 3. The summed E-state index contributed by atoms with van der Waals surface area (Å²) in [6.07, 6.45) is 4.80. The van der Waals surface area contributed by atoms with Crippen LogP contribution in [-0.4, -0.2) is 72.8 Å². The van der Waals surface area contributed by atoms with Gasteiger partial charge in [-0.05, 0) is 52.1 Å². The van der Waals surface area contributed by atoms with Gasteiger partial charge in [-0.3, -0.25) is 19.3 Å². The molecule has 1 aliphatic heterocycles. The molecule has 7 nitrogen and oxygen atoms in total. The highest BCUT2D eigenvalue weighted by Crippen LogP contribution is 2.19. The van der Waals surface area contributed by atoms with Gasteiger partial charge in [0.2, 0.25) is 17.7 Å². The molecule has 0 bridgehead atoms. The van der Waals surface area contributed by atoms with Crippen LogP contribution >= 0.6 is 0 Å². The first-order valence-corrected chi connectivity index (χ1v) is 11.2. The Kier molecular flexibility index (Phi) is 10.5. The van der Waals surface area contributed by atoms with E-state index >= 15 is 0 Å². The Morgan fingerprint density at radius 2 is 1.77 bits per heavy atom. The molecule has 0 aromatic rings. The van der Waals surface area contributed by atoms with Crippen molar-refractivity contribution in [1.82, 2.24) is 20.4 Å². The fourth-order valence-corrected chi connectivity index (χ4v) is 3.92. The molecule has 1 aliphatic rings. The summed E-state index contributed by atoms with van der Waals surface area (Å²) in [7, 11) is 3.72. The summed E-state index contributed by atoms with van der Waals surface area (Å²) in [5.41, 5.74) is 0.587. The Hall–Kier alpha value is -1.89. The maximum Gasteiger partial charge on any atom is 0.246 e. The lowest BCUT2D eigenvalue weighted by molar-refractivity contribution is -0.139. The molecule has 2 N–H and O–H groups in total. The van der Waals surface area contributed by atoms with E-state index in [4.69, 9.17) is 0 Å². The van der Waals surface area contributed by atoms with Crippen molar-refractivity contribution >= 4 is 17.7 Å². The Bertz CT molecular complexity index is 630. The average molecular weight is 423 g/mol. The summed E-state index contributed by atoms with van der Waals surface area (Å²) >= 11 is 0. The van der Waals surface area contributed by atoms with Crippen molar-refractivity contribution in [2.24, 2.45) is 11.8 Å². The van der Waals surface area contributed by atoms with Gasteiger partial charge in [-0.1, -0.05) is 40.2 Å². The minimum atomic E-state index is -0.600. The largest absolute Gasteiger partial charge is 0.353 e. The minimum Gasteiger partial charge on any atom is -0.353 e.